The summed E-state index contributed by atoms with van der Waals surface area (Å²) in [6, 6.07) is -1.45. The number of hydrogen-bond donors (Lipinski definition) is 3. The van der Waals surface area contributed by atoms with E-state index in [-0.39, 0.29) is 30.2 Å². The minimum atomic E-state index is -0.736. The lowest BCUT2D eigenvalue weighted by Crippen LogP contribution is -2.33. The maximum absolute atomic E-state index is 11.9. The van der Waals surface area contributed by atoms with Crippen molar-refractivity contribution in [2.45, 2.75) is 38.9 Å². The van der Waals surface area contributed by atoms with Gasteiger partial charge in [-0.15, -0.1) is 0 Å². The number of rotatable bonds is 8. The van der Waals surface area contributed by atoms with Crippen LogP contribution in [0.15, 0.2) is 6.33 Å². The molecule has 2 unspecified atom stereocenters. The predicted octanol–water partition coefficient (Wildman–Crippen LogP) is -0.151. The van der Waals surface area contributed by atoms with Gasteiger partial charge in [-0.3, -0.25) is 9.59 Å². The quantitative estimate of drug-likeness (QED) is 0.381. The number of nitrogens with two attached hydrogens (primary N) is 3. The van der Waals surface area contributed by atoms with Crippen LogP contribution in [0.25, 0.3) is 11.2 Å². The van der Waals surface area contributed by atoms with Gasteiger partial charge in [-0.05, 0) is 20.3 Å². The fourth-order valence-corrected chi connectivity index (χ4v) is 3.34. The van der Waals surface area contributed by atoms with E-state index in [1.165, 1.54) is 0 Å². The van der Waals surface area contributed by atoms with Crippen LogP contribution in [-0.2, 0) is 25.6 Å². The van der Waals surface area contributed by atoms with Crippen molar-refractivity contribution >= 4 is 40.7 Å². The van der Waals surface area contributed by atoms with E-state index < -0.39 is 29.4 Å². The Morgan fingerprint density at radius 1 is 1.28 bits per heavy atom. The molecule has 6 N–H and O–H groups in total. The predicted molar refractivity (Wildman–Crippen MR) is 105 cm³/mol. The maximum atomic E-state index is 11.9. The van der Waals surface area contributed by atoms with Gasteiger partial charge in [0.2, 0.25) is 5.95 Å². The van der Waals surface area contributed by atoms with Crippen molar-refractivity contribution in [3.05, 3.63) is 11.5 Å². The fraction of sp³-hybridized carbons (Fsp3) is 0.588. The highest BCUT2D eigenvalue weighted by molar-refractivity contribution is 6.33. The van der Waals surface area contributed by atoms with Crippen molar-refractivity contribution in [3.63, 3.8) is 0 Å². The summed E-state index contributed by atoms with van der Waals surface area (Å²) in [7, 11) is 0. The third-order valence-corrected chi connectivity index (χ3v) is 5.22. The first-order chi connectivity index (χ1) is 13.6. The molecule has 0 amide bonds. The van der Waals surface area contributed by atoms with Crippen molar-refractivity contribution in [1.29, 1.82) is 0 Å². The average molecular weight is 426 g/mol. The fourth-order valence-electron chi connectivity index (χ4n) is 3.12. The van der Waals surface area contributed by atoms with E-state index in [1.807, 2.05) is 0 Å². The van der Waals surface area contributed by atoms with Gasteiger partial charge < -0.3 is 31.2 Å². The lowest BCUT2D eigenvalue weighted by Gasteiger charge is -2.20. The molecular weight excluding hydrogens is 402 g/mol. The Kier molecular flexibility index (Phi) is 5.92. The molecule has 4 atom stereocenters. The first-order valence-corrected chi connectivity index (χ1v) is 9.49. The molecule has 3 rings (SSSR count). The molecule has 1 aliphatic carbocycles. The zero-order valence-electron chi connectivity index (χ0n) is 16.2. The number of nitrogen functional groups attached to an aromatic ring is 1. The highest BCUT2D eigenvalue weighted by atomic mass is 35.5. The molecule has 158 valence electrons. The average Bonchev–Trinajstić information content (AvgIpc) is 3.18. The first kappa shape index (κ1) is 21.2. The summed E-state index contributed by atoms with van der Waals surface area (Å²) in [6.45, 7) is 3.79. The second kappa shape index (κ2) is 8.09. The minimum absolute atomic E-state index is 0.0277. The van der Waals surface area contributed by atoms with Crippen LogP contribution < -0.4 is 17.2 Å². The Balaban J connectivity index is 1.79. The summed E-state index contributed by atoms with van der Waals surface area (Å²) in [4.78, 5) is 35.9. The van der Waals surface area contributed by atoms with Crippen LogP contribution in [0, 0.1) is 11.3 Å². The largest absolute Gasteiger partial charge is 0.464 e. The van der Waals surface area contributed by atoms with Gasteiger partial charge >= 0.3 is 11.9 Å². The number of imidazole rings is 1. The van der Waals surface area contributed by atoms with Crippen LogP contribution in [0.5, 0.6) is 0 Å². The molecule has 0 spiro atoms. The van der Waals surface area contributed by atoms with E-state index in [0.717, 1.165) is 0 Å². The van der Waals surface area contributed by atoms with Gasteiger partial charge in [0.1, 0.15) is 17.6 Å². The standard InChI is InChI=1S/C17H24ClN7O4/c1-8(19)14(26)28-4-10-3-17(10,6-29-15(27)9(2)20)5-25-7-22-11-12(18)23-16(21)24-13(11)25/h7-10H,3-6,19-20H2,1-2H3,(H2,21,23,24)/t8-,9-,10?,17?/m0/s1. The number of hydrogen-bond acceptors (Lipinski definition) is 10. The smallest absolute Gasteiger partial charge is 0.322 e. The number of anilines is 1. The molecule has 1 aliphatic rings. The van der Waals surface area contributed by atoms with Crippen molar-refractivity contribution in [2.75, 3.05) is 18.9 Å². The number of esters is 2. The molecule has 12 heteroatoms. The molecule has 1 saturated carbocycles. The van der Waals surface area contributed by atoms with E-state index in [4.69, 9.17) is 38.3 Å². The third-order valence-electron chi connectivity index (χ3n) is 4.95. The molecule has 0 saturated heterocycles. The second-order valence-electron chi connectivity index (χ2n) is 7.50. The lowest BCUT2D eigenvalue weighted by atomic mass is 10.1. The maximum Gasteiger partial charge on any atom is 0.322 e. The summed E-state index contributed by atoms with van der Waals surface area (Å²) < 4.78 is 12.4. The summed E-state index contributed by atoms with van der Waals surface area (Å²) in [6.07, 6.45) is 2.24. The van der Waals surface area contributed by atoms with Crippen LogP contribution in [-0.4, -0.2) is 56.8 Å². The summed E-state index contributed by atoms with van der Waals surface area (Å²) in [5.41, 5.74) is 17.2. The van der Waals surface area contributed by atoms with Crippen LogP contribution in [0.2, 0.25) is 5.15 Å². The van der Waals surface area contributed by atoms with E-state index in [9.17, 15) is 9.59 Å². The summed E-state index contributed by atoms with van der Waals surface area (Å²) >= 11 is 6.08. The Morgan fingerprint density at radius 3 is 2.59 bits per heavy atom. The third kappa shape index (κ3) is 4.57. The van der Waals surface area contributed by atoms with Gasteiger partial charge in [0.15, 0.2) is 10.8 Å². The Labute approximate surface area is 171 Å². The number of aromatic nitrogens is 4. The zero-order valence-corrected chi connectivity index (χ0v) is 16.9. The van der Waals surface area contributed by atoms with Crippen LogP contribution in [0.1, 0.15) is 20.3 Å². The lowest BCUT2D eigenvalue weighted by molar-refractivity contribution is -0.149. The number of ether oxygens (including phenoxy) is 2. The molecule has 29 heavy (non-hydrogen) atoms. The van der Waals surface area contributed by atoms with Crippen molar-refractivity contribution < 1.29 is 19.1 Å². The number of fused-ring (bicyclic) bond motifs is 1. The van der Waals surface area contributed by atoms with Gasteiger partial charge in [0.05, 0.1) is 19.5 Å². The van der Waals surface area contributed by atoms with Gasteiger partial charge in [-0.2, -0.15) is 9.97 Å². The Hall–Kier alpha value is -2.50. The molecule has 0 bridgehead atoms. The highest BCUT2D eigenvalue weighted by Gasteiger charge is 2.56. The zero-order chi connectivity index (χ0) is 21.3. The molecule has 0 aliphatic heterocycles. The SMILES string of the molecule is C[C@H](N)C(=O)OCC1CC1(COC(=O)[C@H](C)N)Cn1cnc2c(Cl)nc(N)nc21. The number of nitrogens with zero attached hydrogens (tertiary/aromatic N) is 4. The van der Waals surface area contributed by atoms with E-state index in [1.54, 1.807) is 24.7 Å². The molecule has 2 heterocycles. The summed E-state index contributed by atoms with van der Waals surface area (Å²) in [5.74, 6) is -0.996. The number of carbonyl (C=O) groups is 2. The molecule has 2 aromatic rings. The van der Waals surface area contributed by atoms with Crippen molar-refractivity contribution in [2.24, 2.45) is 22.8 Å². The van der Waals surface area contributed by atoms with E-state index >= 15 is 0 Å². The number of halogens is 1. The topological polar surface area (TPSA) is 174 Å². The monoisotopic (exact) mass is 425 g/mol. The Bertz CT molecular complexity index is 932. The van der Waals surface area contributed by atoms with Crippen LogP contribution in [0.4, 0.5) is 5.95 Å². The van der Waals surface area contributed by atoms with Crippen molar-refractivity contribution in [1.82, 2.24) is 19.5 Å². The second-order valence-corrected chi connectivity index (χ2v) is 7.85. The van der Waals surface area contributed by atoms with Crippen molar-refractivity contribution in [3.8, 4) is 0 Å². The van der Waals surface area contributed by atoms with Gasteiger partial charge in [0.25, 0.3) is 0 Å². The summed E-state index contributed by atoms with van der Waals surface area (Å²) in [5, 5.41) is 0.155. The normalized spacial score (nSPS) is 22.9. The Morgan fingerprint density at radius 2 is 1.93 bits per heavy atom. The molecule has 11 nitrogen and oxygen atoms in total. The van der Waals surface area contributed by atoms with Gasteiger partial charge in [-0.1, -0.05) is 11.6 Å². The minimum Gasteiger partial charge on any atom is -0.464 e. The van der Waals surface area contributed by atoms with E-state index in [2.05, 4.69) is 15.0 Å². The van der Waals surface area contributed by atoms with Gasteiger partial charge in [0, 0.05) is 17.9 Å². The molecular formula is C17H24ClN7O4. The molecule has 0 aromatic carbocycles. The van der Waals surface area contributed by atoms with Crippen LogP contribution >= 0.6 is 11.6 Å². The van der Waals surface area contributed by atoms with Crippen LogP contribution in [0.3, 0.4) is 0 Å². The molecule has 0 radical (unpaired) electrons. The molecule has 1 fully saturated rings. The van der Waals surface area contributed by atoms with Gasteiger partial charge in [-0.25, -0.2) is 4.98 Å². The first-order valence-electron chi connectivity index (χ1n) is 9.11. The van der Waals surface area contributed by atoms with E-state index in [0.29, 0.717) is 24.1 Å². The molecule has 2 aromatic heterocycles. The highest BCUT2D eigenvalue weighted by Crippen LogP contribution is 2.54. The number of carbonyl (C=O) groups excluding carboxylic acids is 2.